The van der Waals surface area contributed by atoms with Crippen LogP contribution in [0.2, 0.25) is 0 Å². The topological polar surface area (TPSA) is 71.1 Å². The summed E-state index contributed by atoms with van der Waals surface area (Å²) in [7, 11) is 3.23. The minimum atomic E-state index is -0.145. The van der Waals surface area contributed by atoms with Crippen LogP contribution in [0.4, 0.5) is 0 Å². The van der Waals surface area contributed by atoms with Gasteiger partial charge in [0.1, 0.15) is 24.4 Å². The van der Waals surface area contributed by atoms with E-state index >= 15 is 0 Å². The molecule has 0 saturated carbocycles. The fraction of sp³-hybridized carbons (Fsp3) is 0.538. The van der Waals surface area contributed by atoms with Gasteiger partial charge in [-0.3, -0.25) is 9.59 Å². The second kappa shape index (κ2) is 15.2. The van der Waals surface area contributed by atoms with Crippen molar-refractivity contribution in [1.82, 2.24) is 0 Å². The van der Waals surface area contributed by atoms with Crippen LogP contribution >= 0.6 is 0 Å². The lowest BCUT2D eigenvalue weighted by atomic mass is 10.0. The van der Waals surface area contributed by atoms with Crippen LogP contribution in [0.3, 0.4) is 0 Å². The van der Waals surface area contributed by atoms with Gasteiger partial charge < -0.3 is 18.9 Å². The second-order valence-corrected chi connectivity index (χ2v) is 7.90. The van der Waals surface area contributed by atoms with Crippen molar-refractivity contribution in [3.05, 3.63) is 47.2 Å². The highest BCUT2D eigenvalue weighted by Crippen LogP contribution is 2.28. The molecule has 0 bridgehead atoms. The maximum Gasteiger partial charge on any atom is 0.161 e. The standard InChI is InChI=1S/C26H36O6/c1-29-23-13-11-21(19-27)17-25(23)31-15-9-7-5-3-4-6-8-10-16-32-26-18-22(20-28)12-14-24(26)30-2/h11-14,17,19-20,26H,3-10,15-16,18H2,1-2H3. The third-order valence-electron chi connectivity index (χ3n) is 5.53. The first kappa shape index (κ1) is 25.7. The van der Waals surface area contributed by atoms with Gasteiger partial charge in [0.25, 0.3) is 0 Å². The van der Waals surface area contributed by atoms with Gasteiger partial charge in [-0.25, -0.2) is 0 Å². The summed E-state index contributed by atoms with van der Waals surface area (Å²) in [4.78, 5) is 21.9. The van der Waals surface area contributed by atoms with Crippen LogP contribution in [0.1, 0.15) is 68.1 Å². The predicted molar refractivity (Wildman–Crippen MR) is 124 cm³/mol. The van der Waals surface area contributed by atoms with Gasteiger partial charge in [-0.05, 0) is 42.7 Å². The Labute approximate surface area is 191 Å². The molecule has 0 aromatic heterocycles. The highest BCUT2D eigenvalue weighted by molar-refractivity contribution is 5.76. The van der Waals surface area contributed by atoms with E-state index in [2.05, 4.69) is 0 Å². The quantitative estimate of drug-likeness (QED) is 0.235. The fourth-order valence-corrected chi connectivity index (χ4v) is 3.66. The summed E-state index contributed by atoms with van der Waals surface area (Å²) in [5.41, 5.74) is 1.33. The predicted octanol–water partition coefficient (Wildman–Crippen LogP) is 5.45. The Morgan fingerprint density at radius 1 is 0.812 bits per heavy atom. The summed E-state index contributed by atoms with van der Waals surface area (Å²) < 4.78 is 22.3. The number of methoxy groups -OCH3 is 2. The third-order valence-corrected chi connectivity index (χ3v) is 5.53. The van der Waals surface area contributed by atoms with Crippen molar-refractivity contribution in [3.63, 3.8) is 0 Å². The van der Waals surface area contributed by atoms with E-state index in [-0.39, 0.29) is 6.10 Å². The Hall–Kier alpha value is -2.60. The lowest BCUT2D eigenvalue weighted by Gasteiger charge is -2.22. The van der Waals surface area contributed by atoms with Crippen molar-refractivity contribution in [2.24, 2.45) is 0 Å². The fourth-order valence-electron chi connectivity index (χ4n) is 3.66. The Morgan fingerprint density at radius 2 is 1.50 bits per heavy atom. The molecule has 0 fully saturated rings. The Morgan fingerprint density at radius 3 is 2.12 bits per heavy atom. The van der Waals surface area contributed by atoms with E-state index in [1.807, 2.05) is 6.08 Å². The van der Waals surface area contributed by atoms with Gasteiger partial charge in [-0.2, -0.15) is 0 Å². The largest absolute Gasteiger partial charge is 0.498 e. The second-order valence-electron chi connectivity index (χ2n) is 7.90. The molecule has 1 aliphatic rings. The molecular weight excluding hydrogens is 408 g/mol. The number of hydrogen-bond acceptors (Lipinski definition) is 6. The zero-order valence-electron chi connectivity index (χ0n) is 19.3. The Balaban J connectivity index is 1.46. The Bertz CT molecular complexity index is 768. The average Bonchev–Trinajstić information content (AvgIpc) is 2.84. The summed E-state index contributed by atoms with van der Waals surface area (Å²) in [6, 6.07) is 5.19. The third kappa shape index (κ3) is 8.87. The van der Waals surface area contributed by atoms with E-state index in [0.29, 0.717) is 36.7 Å². The Kier molecular flexibility index (Phi) is 12.2. The normalized spacial score (nSPS) is 15.5. The molecule has 0 heterocycles. The van der Waals surface area contributed by atoms with Crippen LogP contribution in [0.15, 0.2) is 41.7 Å². The number of hydrogen-bond donors (Lipinski definition) is 0. The molecule has 1 unspecified atom stereocenters. The average molecular weight is 445 g/mol. The monoisotopic (exact) mass is 444 g/mol. The zero-order chi connectivity index (χ0) is 23.0. The summed E-state index contributed by atoms with van der Waals surface area (Å²) in [5, 5.41) is 0. The number of ether oxygens (including phenoxy) is 4. The van der Waals surface area contributed by atoms with Crippen LogP contribution in [0, 0.1) is 0 Å². The SMILES string of the molecule is COC1=CC=C(C=O)CC1OCCCCCCCCCCOc1cc(C=O)ccc1OC. The lowest BCUT2D eigenvalue weighted by Crippen LogP contribution is -2.21. The van der Waals surface area contributed by atoms with Gasteiger partial charge >= 0.3 is 0 Å². The number of benzene rings is 1. The maximum absolute atomic E-state index is 11.0. The number of rotatable bonds is 17. The molecule has 0 aliphatic heterocycles. The van der Waals surface area contributed by atoms with Crippen LogP contribution < -0.4 is 9.47 Å². The smallest absolute Gasteiger partial charge is 0.161 e. The number of carbonyl (C=O) groups is 2. The molecule has 0 radical (unpaired) electrons. The molecule has 0 N–H and O–H groups in total. The van der Waals surface area contributed by atoms with Gasteiger partial charge in [-0.1, -0.05) is 44.6 Å². The minimum absolute atomic E-state index is 0.145. The van der Waals surface area contributed by atoms with Crippen LogP contribution in [-0.4, -0.2) is 46.1 Å². The molecule has 1 aliphatic carbocycles. The van der Waals surface area contributed by atoms with Crippen molar-refractivity contribution in [1.29, 1.82) is 0 Å². The number of aldehydes is 2. The molecule has 0 saturated heterocycles. The van der Waals surface area contributed by atoms with Gasteiger partial charge in [0.15, 0.2) is 11.5 Å². The zero-order valence-corrected chi connectivity index (χ0v) is 19.3. The minimum Gasteiger partial charge on any atom is -0.498 e. The first-order chi connectivity index (χ1) is 15.7. The summed E-state index contributed by atoms with van der Waals surface area (Å²) in [5.74, 6) is 2.06. The number of allylic oxidation sites excluding steroid dienone is 2. The van der Waals surface area contributed by atoms with Crippen LogP contribution in [-0.2, 0) is 14.3 Å². The molecule has 1 aromatic carbocycles. The van der Waals surface area contributed by atoms with Crippen molar-refractivity contribution >= 4 is 12.6 Å². The van der Waals surface area contributed by atoms with Crippen molar-refractivity contribution in [3.8, 4) is 11.5 Å². The first-order valence-corrected chi connectivity index (χ1v) is 11.5. The van der Waals surface area contributed by atoms with E-state index in [9.17, 15) is 9.59 Å². The molecule has 6 heteroatoms. The van der Waals surface area contributed by atoms with Gasteiger partial charge in [0.2, 0.25) is 0 Å². The van der Waals surface area contributed by atoms with Crippen molar-refractivity contribution in [2.75, 3.05) is 27.4 Å². The van der Waals surface area contributed by atoms with Gasteiger partial charge in [0.05, 0.1) is 20.8 Å². The maximum atomic E-state index is 11.0. The van der Waals surface area contributed by atoms with E-state index in [1.165, 1.54) is 25.7 Å². The molecule has 2 rings (SSSR count). The molecule has 1 atom stereocenters. The van der Waals surface area contributed by atoms with Gasteiger partial charge in [0, 0.05) is 18.6 Å². The molecule has 0 spiro atoms. The highest BCUT2D eigenvalue weighted by Gasteiger charge is 2.20. The molecule has 1 aromatic rings. The number of unbranched alkanes of at least 4 members (excludes halogenated alkanes) is 7. The molecule has 6 nitrogen and oxygen atoms in total. The molecule has 32 heavy (non-hydrogen) atoms. The number of carbonyl (C=O) groups excluding carboxylic acids is 2. The summed E-state index contributed by atoms with van der Waals surface area (Å²) in [6.07, 6.45) is 14.8. The first-order valence-electron chi connectivity index (χ1n) is 11.5. The molecule has 176 valence electrons. The van der Waals surface area contributed by atoms with Crippen LogP contribution in [0.5, 0.6) is 11.5 Å². The highest BCUT2D eigenvalue weighted by atomic mass is 16.5. The lowest BCUT2D eigenvalue weighted by molar-refractivity contribution is -0.105. The molecule has 0 amide bonds. The summed E-state index contributed by atoms with van der Waals surface area (Å²) >= 11 is 0. The van der Waals surface area contributed by atoms with E-state index < -0.39 is 0 Å². The van der Waals surface area contributed by atoms with Crippen molar-refractivity contribution in [2.45, 2.75) is 63.9 Å². The van der Waals surface area contributed by atoms with Gasteiger partial charge in [-0.15, -0.1) is 0 Å². The van der Waals surface area contributed by atoms with Crippen LogP contribution in [0.25, 0.3) is 0 Å². The van der Waals surface area contributed by atoms with E-state index in [4.69, 9.17) is 18.9 Å². The van der Waals surface area contributed by atoms with E-state index in [1.54, 1.807) is 38.5 Å². The molecular formula is C26H36O6. The summed E-state index contributed by atoms with van der Waals surface area (Å²) in [6.45, 7) is 1.31. The van der Waals surface area contributed by atoms with E-state index in [0.717, 1.165) is 49.6 Å². The van der Waals surface area contributed by atoms with Crippen molar-refractivity contribution < 1.29 is 28.5 Å².